The topological polar surface area (TPSA) is 63.6 Å². The van der Waals surface area contributed by atoms with E-state index in [9.17, 15) is 8.42 Å². The van der Waals surface area contributed by atoms with Crippen LogP contribution in [0.15, 0.2) is 0 Å². The molecule has 0 aliphatic heterocycles. The molecule has 0 atom stereocenters. The van der Waals surface area contributed by atoms with Crippen LogP contribution in [0.3, 0.4) is 0 Å². The van der Waals surface area contributed by atoms with E-state index in [1.807, 2.05) is 0 Å². The molecule has 0 spiro atoms. The third-order valence-electron chi connectivity index (χ3n) is 2.85. The van der Waals surface area contributed by atoms with Crippen molar-refractivity contribution in [2.24, 2.45) is 0 Å². The molecule has 0 saturated heterocycles. The summed E-state index contributed by atoms with van der Waals surface area (Å²) in [5.74, 6) is 0. The normalized spacial score (nSPS) is 11.9. The van der Waals surface area contributed by atoms with E-state index < -0.39 is 10.1 Å². The summed E-state index contributed by atoms with van der Waals surface area (Å²) in [5.41, 5.74) is 0. The molecular formula is C13H28O4S. The summed E-state index contributed by atoms with van der Waals surface area (Å²) in [6.07, 6.45) is 12.4. The van der Waals surface area contributed by atoms with Gasteiger partial charge in [-0.25, -0.2) is 0 Å². The average Bonchev–Trinajstić information content (AvgIpc) is 2.29. The van der Waals surface area contributed by atoms with Crippen LogP contribution in [0.4, 0.5) is 0 Å². The van der Waals surface area contributed by atoms with Gasteiger partial charge in [-0.15, -0.1) is 0 Å². The molecule has 0 heterocycles. The van der Waals surface area contributed by atoms with Gasteiger partial charge in [-0.3, -0.25) is 4.18 Å². The monoisotopic (exact) mass is 280 g/mol. The number of hydrogen-bond donors (Lipinski definition) is 1. The van der Waals surface area contributed by atoms with Crippen molar-refractivity contribution in [2.45, 2.75) is 64.2 Å². The van der Waals surface area contributed by atoms with Gasteiger partial charge in [0.05, 0.1) is 12.9 Å². The highest BCUT2D eigenvalue weighted by Gasteiger charge is 2.00. The first-order valence-electron chi connectivity index (χ1n) is 7.01. The van der Waals surface area contributed by atoms with Crippen molar-refractivity contribution in [2.75, 3.05) is 19.5 Å². The zero-order valence-corrected chi connectivity index (χ0v) is 12.4. The molecule has 0 unspecified atom stereocenters. The Kier molecular flexibility index (Phi) is 11.8. The quantitative estimate of drug-likeness (QED) is 0.416. The van der Waals surface area contributed by atoms with Crippen molar-refractivity contribution in [3.05, 3.63) is 0 Å². The smallest absolute Gasteiger partial charge is 0.264 e. The Balaban J connectivity index is 3.03. The van der Waals surface area contributed by atoms with E-state index in [0.29, 0.717) is 13.2 Å². The predicted octanol–water partition coefficient (Wildman–Crippen LogP) is 2.86. The molecule has 0 radical (unpaired) electrons. The minimum atomic E-state index is -3.25. The molecule has 18 heavy (non-hydrogen) atoms. The van der Waals surface area contributed by atoms with Crippen LogP contribution >= 0.6 is 0 Å². The summed E-state index contributed by atoms with van der Waals surface area (Å²) in [4.78, 5) is 0. The fraction of sp³-hybridized carbons (Fsp3) is 1.00. The van der Waals surface area contributed by atoms with Gasteiger partial charge in [0.25, 0.3) is 10.1 Å². The van der Waals surface area contributed by atoms with Crippen LogP contribution in [-0.2, 0) is 14.3 Å². The Bertz CT molecular complexity index is 262. The second-order valence-electron chi connectivity index (χ2n) is 4.79. The van der Waals surface area contributed by atoms with E-state index in [0.717, 1.165) is 38.4 Å². The molecule has 0 rings (SSSR count). The Morgan fingerprint density at radius 1 is 0.778 bits per heavy atom. The van der Waals surface area contributed by atoms with Gasteiger partial charge in [-0.2, -0.15) is 8.42 Å². The van der Waals surface area contributed by atoms with Crippen LogP contribution < -0.4 is 0 Å². The van der Waals surface area contributed by atoms with Crippen LogP contribution in [0.1, 0.15) is 64.2 Å². The third-order valence-corrected chi connectivity index (χ3v) is 3.44. The highest BCUT2D eigenvalue weighted by atomic mass is 32.2. The molecule has 0 fully saturated rings. The summed E-state index contributed by atoms with van der Waals surface area (Å²) < 4.78 is 26.0. The largest absolute Gasteiger partial charge is 0.396 e. The van der Waals surface area contributed by atoms with Crippen molar-refractivity contribution in [1.82, 2.24) is 0 Å². The molecule has 0 aliphatic carbocycles. The number of aliphatic hydroxyl groups is 1. The number of unbranched alkanes of at least 4 members (excludes halogenated alkanes) is 9. The Morgan fingerprint density at radius 2 is 1.17 bits per heavy atom. The summed E-state index contributed by atoms with van der Waals surface area (Å²) in [6.45, 7) is 0.634. The van der Waals surface area contributed by atoms with E-state index in [1.54, 1.807) is 0 Å². The Morgan fingerprint density at radius 3 is 1.56 bits per heavy atom. The molecule has 0 bridgehead atoms. The van der Waals surface area contributed by atoms with E-state index in [1.165, 1.54) is 32.1 Å². The van der Waals surface area contributed by atoms with Crippen molar-refractivity contribution < 1.29 is 17.7 Å². The zero-order chi connectivity index (χ0) is 13.7. The molecule has 110 valence electrons. The van der Waals surface area contributed by atoms with Gasteiger partial charge >= 0.3 is 0 Å². The first-order chi connectivity index (χ1) is 8.56. The second-order valence-corrected chi connectivity index (χ2v) is 6.43. The van der Waals surface area contributed by atoms with Gasteiger partial charge in [0, 0.05) is 6.61 Å². The average molecular weight is 280 g/mol. The molecule has 0 aromatic carbocycles. The van der Waals surface area contributed by atoms with E-state index >= 15 is 0 Å². The van der Waals surface area contributed by atoms with Gasteiger partial charge < -0.3 is 5.11 Å². The van der Waals surface area contributed by atoms with Crippen LogP contribution in [0.2, 0.25) is 0 Å². The molecule has 0 aliphatic rings. The maximum Gasteiger partial charge on any atom is 0.264 e. The summed E-state index contributed by atoms with van der Waals surface area (Å²) in [5, 5.41) is 8.61. The van der Waals surface area contributed by atoms with Crippen LogP contribution in [0, 0.1) is 0 Å². The van der Waals surface area contributed by atoms with E-state index in [-0.39, 0.29) is 0 Å². The van der Waals surface area contributed by atoms with Crippen LogP contribution in [0.5, 0.6) is 0 Å². The Labute approximate surface area is 112 Å². The summed E-state index contributed by atoms with van der Waals surface area (Å²) >= 11 is 0. The lowest BCUT2D eigenvalue weighted by molar-refractivity contribution is 0.282. The third kappa shape index (κ3) is 15.9. The lowest BCUT2D eigenvalue weighted by Gasteiger charge is -2.02. The van der Waals surface area contributed by atoms with Gasteiger partial charge in [-0.05, 0) is 12.8 Å². The lowest BCUT2D eigenvalue weighted by Crippen LogP contribution is -2.03. The van der Waals surface area contributed by atoms with Crippen molar-refractivity contribution in [1.29, 1.82) is 0 Å². The van der Waals surface area contributed by atoms with Crippen LogP contribution in [0.25, 0.3) is 0 Å². The van der Waals surface area contributed by atoms with E-state index in [2.05, 4.69) is 4.18 Å². The van der Waals surface area contributed by atoms with Crippen molar-refractivity contribution in [3.63, 3.8) is 0 Å². The number of hydrogen-bond acceptors (Lipinski definition) is 4. The minimum absolute atomic E-state index is 0.315. The maximum atomic E-state index is 10.7. The van der Waals surface area contributed by atoms with E-state index in [4.69, 9.17) is 5.11 Å². The number of aliphatic hydroxyl groups excluding tert-OH is 1. The highest BCUT2D eigenvalue weighted by molar-refractivity contribution is 7.85. The molecule has 1 N–H and O–H groups in total. The minimum Gasteiger partial charge on any atom is -0.396 e. The van der Waals surface area contributed by atoms with Crippen molar-refractivity contribution in [3.8, 4) is 0 Å². The summed E-state index contributed by atoms with van der Waals surface area (Å²) in [7, 11) is -3.25. The molecule has 5 heteroatoms. The maximum absolute atomic E-state index is 10.7. The number of rotatable bonds is 13. The van der Waals surface area contributed by atoms with Gasteiger partial charge in [0.1, 0.15) is 0 Å². The van der Waals surface area contributed by atoms with Gasteiger partial charge in [0.15, 0.2) is 0 Å². The molecule has 0 amide bonds. The first-order valence-corrected chi connectivity index (χ1v) is 8.83. The molecule has 0 saturated carbocycles. The second kappa shape index (κ2) is 11.9. The fourth-order valence-corrected chi connectivity index (χ4v) is 2.26. The first kappa shape index (κ1) is 17.9. The predicted molar refractivity (Wildman–Crippen MR) is 74.1 cm³/mol. The van der Waals surface area contributed by atoms with Gasteiger partial charge in [-0.1, -0.05) is 51.4 Å². The molecular weight excluding hydrogens is 252 g/mol. The van der Waals surface area contributed by atoms with Crippen LogP contribution in [-0.4, -0.2) is 33.0 Å². The Hall–Kier alpha value is -0.130. The molecule has 4 nitrogen and oxygen atoms in total. The van der Waals surface area contributed by atoms with Crippen molar-refractivity contribution >= 4 is 10.1 Å². The highest BCUT2D eigenvalue weighted by Crippen LogP contribution is 2.10. The lowest BCUT2D eigenvalue weighted by atomic mass is 10.1. The molecule has 0 aromatic heterocycles. The zero-order valence-electron chi connectivity index (χ0n) is 11.6. The SMILES string of the molecule is CS(=O)(=O)OCCCCCCCCCCCCO. The van der Waals surface area contributed by atoms with Gasteiger partial charge in [0.2, 0.25) is 0 Å². The fourth-order valence-electron chi connectivity index (χ4n) is 1.84. The summed E-state index contributed by atoms with van der Waals surface area (Å²) in [6, 6.07) is 0. The standard InChI is InChI=1S/C13H28O4S/c1-18(15,16)17-13-11-9-7-5-3-2-4-6-8-10-12-14/h14H,2-13H2,1H3. The molecule has 0 aromatic rings.